The minimum Gasteiger partial charge on any atom is -0.478 e. The van der Waals surface area contributed by atoms with E-state index < -0.39 is 5.97 Å². The quantitative estimate of drug-likeness (QED) is 0.721. The molecule has 90 valence electrons. The molecule has 0 saturated heterocycles. The molecule has 5 nitrogen and oxygen atoms in total. The summed E-state index contributed by atoms with van der Waals surface area (Å²) in [5.41, 5.74) is 0.184. The van der Waals surface area contributed by atoms with Gasteiger partial charge in [0.15, 0.2) is 0 Å². The van der Waals surface area contributed by atoms with Crippen LogP contribution in [-0.4, -0.2) is 30.9 Å². The zero-order chi connectivity index (χ0) is 12.0. The van der Waals surface area contributed by atoms with Crippen molar-refractivity contribution in [2.24, 2.45) is 0 Å². The molecule has 0 atom stereocenters. The standard InChI is InChI=1S/C11H16O5/c1-3-14-4-5-15-7-9-6-10(11(12)13)8(2)16-9/h6H,3-5,7H2,1-2H3,(H,12,13). The van der Waals surface area contributed by atoms with Crippen molar-refractivity contribution in [1.29, 1.82) is 0 Å². The topological polar surface area (TPSA) is 68.9 Å². The Bertz CT molecular complexity index is 342. The molecule has 0 aliphatic heterocycles. The number of ether oxygens (including phenoxy) is 2. The summed E-state index contributed by atoms with van der Waals surface area (Å²) in [6, 6.07) is 1.48. The molecule has 0 unspecified atom stereocenters. The molecular weight excluding hydrogens is 212 g/mol. The van der Waals surface area contributed by atoms with Crippen LogP contribution in [0.1, 0.15) is 28.8 Å². The number of carboxylic acid groups (broad SMARTS) is 1. The molecule has 1 aromatic heterocycles. The third-order valence-electron chi connectivity index (χ3n) is 2.02. The lowest BCUT2D eigenvalue weighted by Crippen LogP contribution is -2.03. The molecular formula is C11H16O5. The number of furan rings is 1. The van der Waals surface area contributed by atoms with E-state index in [-0.39, 0.29) is 12.2 Å². The van der Waals surface area contributed by atoms with Crippen LogP contribution >= 0.6 is 0 Å². The Hall–Kier alpha value is -1.33. The van der Waals surface area contributed by atoms with E-state index in [2.05, 4.69) is 0 Å². The molecule has 1 rings (SSSR count). The number of rotatable bonds is 7. The van der Waals surface area contributed by atoms with Crippen molar-refractivity contribution >= 4 is 5.97 Å². The van der Waals surface area contributed by atoms with Crippen LogP contribution in [0.3, 0.4) is 0 Å². The molecule has 0 aromatic carbocycles. The van der Waals surface area contributed by atoms with Crippen LogP contribution in [0.5, 0.6) is 0 Å². The Kier molecular flexibility index (Phi) is 5.01. The van der Waals surface area contributed by atoms with E-state index >= 15 is 0 Å². The highest BCUT2D eigenvalue weighted by atomic mass is 16.5. The number of aromatic carboxylic acids is 1. The summed E-state index contributed by atoms with van der Waals surface area (Å²) < 4.78 is 15.6. The molecule has 0 radical (unpaired) electrons. The highest BCUT2D eigenvalue weighted by molar-refractivity contribution is 5.88. The van der Waals surface area contributed by atoms with Crippen LogP contribution < -0.4 is 0 Å². The van der Waals surface area contributed by atoms with Gasteiger partial charge in [0.1, 0.15) is 23.7 Å². The third-order valence-corrected chi connectivity index (χ3v) is 2.02. The zero-order valence-corrected chi connectivity index (χ0v) is 9.49. The Morgan fingerprint density at radius 3 is 2.69 bits per heavy atom. The van der Waals surface area contributed by atoms with Crippen LogP contribution in [0.25, 0.3) is 0 Å². The van der Waals surface area contributed by atoms with E-state index in [1.54, 1.807) is 6.92 Å². The minimum absolute atomic E-state index is 0.184. The first-order chi connectivity index (χ1) is 7.65. The first-order valence-corrected chi connectivity index (χ1v) is 5.13. The van der Waals surface area contributed by atoms with Gasteiger partial charge in [0.25, 0.3) is 0 Å². The Balaban J connectivity index is 2.37. The van der Waals surface area contributed by atoms with Crippen LogP contribution in [0.2, 0.25) is 0 Å². The zero-order valence-electron chi connectivity index (χ0n) is 9.49. The van der Waals surface area contributed by atoms with Gasteiger partial charge in [-0.1, -0.05) is 0 Å². The van der Waals surface area contributed by atoms with Gasteiger partial charge in [0, 0.05) is 6.61 Å². The summed E-state index contributed by atoms with van der Waals surface area (Å²) in [5, 5.41) is 8.80. The van der Waals surface area contributed by atoms with Gasteiger partial charge in [0.05, 0.1) is 13.2 Å². The van der Waals surface area contributed by atoms with Crippen molar-refractivity contribution in [1.82, 2.24) is 0 Å². The normalized spacial score (nSPS) is 10.6. The maximum atomic E-state index is 10.7. The lowest BCUT2D eigenvalue weighted by Gasteiger charge is -2.01. The molecule has 0 aliphatic carbocycles. The number of hydrogen-bond acceptors (Lipinski definition) is 4. The largest absolute Gasteiger partial charge is 0.478 e. The van der Waals surface area contributed by atoms with Crippen molar-refractivity contribution in [2.45, 2.75) is 20.5 Å². The molecule has 1 heterocycles. The van der Waals surface area contributed by atoms with E-state index in [1.165, 1.54) is 6.07 Å². The molecule has 0 aliphatic rings. The summed E-state index contributed by atoms with van der Waals surface area (Å²) in [5.74, 6) is -0.0656. The maximum Gasteiger partial charge on any atom is 0.339 e. The molecule has 0 saturated carbocycles. The second-order valence-electron chi connectivity index (χ2n) is 3.24. The first-order valence-electron chi connectivity index (χ1n) is 5.13. The SMILES string of the molecule is CCOCCOCc1cc(C(=O)O)c(C)o1. The summed E-state index contributed by atoms with van der Waals surface area (Å²) in [6.45, 7) is 5.45. The molecule has 5 heteroatoms. The fourth-order valence-electron chi connectivity index (χ4n) is 1.26. The lowest BCUT2D eigenvalue weighted by atomic mass is 10.2. The molecule has 0 spiro atoms. The van der Waals surface area contributed by atoms with Gasteiger partial charge in [-0.2, -0.15) is 0 Å². The van der Waals surface area contributed by atoms with E-state index in [9.17, 15) is 4.79 Å². The second-order valence-corrected chi connectivity index (χ2v) is 3.24. The maximum absolute atomic E-state index is 10.7. The minimum atomic E-state index is -0.984. The molecule has 1 N–H and O–H groups in total. The van der Waals surface area contributed by atoms with Crippen LogP contribution in [0.4, 0.5) is 0 Å². The van der Waals surface area contributed by atoms with Crippen molar-refractivity contribution in [3.05, 3.63) is 23.2 Å². The van der Waals surface area contributed by atoms with Gasteiger partial charge < -0.3 is 19.0 Å². The predicted octanol–water partition coefficient (Wildman–Crippen LogP) is 1.84. The lowest BCUT2D eigenvalue weighted by molar-refractivity contribution is 0.0388. The van der Waals surface area contributed by atoms with Crippen LogP contribution in [-0.2, 0) is 16.1 Å². The highest BCUT2D eigenvalue weighted by Gasteiger charge is 2.13. The number of hydrogen-bond donors (Lipinski definition) is 1. The fourth-order valence-corrected chi connectivity index (χ4v) is 1.26. The van der Waals surface area contributed by atoms with Gasteiger partial charge in [0.2, 0.25) is 0 Å². The van der Waals surface area contributed by atoms with Gasteiger partial charge in [-0.05, 0) is 19.9 Å². The summed E-state index contributed by atoms with van der Waals surface area (Å²) >= 11 is 0. The Morgan fingerprint density at radius 2 is 2.12 bits per heavy atom. The second kappa shape index (κ2) is 6.30. The fraction of sp³-hybridized carbons (Fsp3) is 0.545. The van der Waals surface area contributed by atoms with Crippen molar-refractivity contribution < 1.29 is 23.8 Å². The average Bonchev–Trinajstić information content (AvgIpc) is 2.59. The third kappa shape index (κ3) is 3.67. The Morgan fingerprint density at radius 1 is 1.44 bits per heavy atom. The van der Waals surface area contributed by atoms with E-state index in [0.29, 0.717) is 31.3 Å². The van der Waals surface area contributed by atoms with Crippen molar-refractivity contribution in [3.63, 3.8) is 0 Å². The molecule has 16 heavy (non-hydrogen) atoms. The van der Waals surface area contributed by atoms with Gasteiger partial charge in [-0.25, -0.2) is 4.79 Å². The van der Waals surface area contributed by atoms with Crippen molar-refractivity contribution in [3.8, 4) is 0 Å². The van der Waals surface area contributed by atoms with Crippen LogP contribution in [0.15, 0.2) is 10.5 Å². The highest BCUT2D eigenvalue weighted by Crippen LogP contribution is 2.15. The molecule has 0 amide bonds. The molecule has 1 aromatic rings. The molecule has 0 bridgehead atoms. The number of aryl methyl sites for hydroxylation is 1. The first kappa shape index (κ1) is 12.7. The monoisotopic (exact) mass is 228 g/mol. The number of carbonyl (C=O) groups is 1. The predicted molar refractivity (Wildman–Crippen MR) is 56.6 cm³/mol. The van der Waals surface area contributed by atoms with Gasteiger partial charge >= 0.3 is 5.97 Å². The van der Waals surface area contributed by atoms with E-state index in [0.717, 1.165) is 0 Å². The van der Waals surface area contributed by atoms with E-state index in [4.69, 9.17) is 19.0 Å². The van der Waals surface area contributed by atoms with E-state index in [1.807, 2.05) is 6.92 Å². The number of carboxylic acids is 1. The summed E-state index contributed by atoms with van der Waals surface area (Å²) in [4.78, 5) is 10.7. The van der Waals surface area contributed by atoms with Crippen molar-refractivity contribution in [2.75, 3.05) is 19.8 Å². The van der Waals surface area contributed by atoms with Gasteiger partial charge in [-0.3, -0.25) is 0 Å². The Labute approximate surface area is 94.0 Å². The average molecular weight is 228 g/mol. The molecule has 0 fully saturated rings. The van der Waals surface area contributed by atoms with Gasteiger partial charge in [-0.15, -0.1) is 0 Å². The smallest absolute Gasteiger partial charge is 0.339 e. The summed E-state index contributed by atoms with van der Waals surface area (Å²) in [6.07, 6.45) is 0. The summed E-state index contributed by atoms with van der Waals surface area (Å²) in [7, 11) is 0. The van der Waals surface area contributed by atoms with Crippen LogP contribution in [0, 0.1) is 6.92 Å².